The van der Waals surface area contributed by atoms with E-state index in [0.29, 0.717) is 25.7 Å². The number of sulfonamides is 1. The summed E-state index contributed by atoms with van der Waals surface area (Å²) in [5.74, 6) is -0.270. The Labute approximate surface area is 171 Å². The van der Waals surface area contributed by atoms with E-state index in [0.717, 1.165) is 12.1 Å². The second kappa shape index (κ2) is 9.04. The number of hydrogen-bond donors (Lipinski definition) is 1. The molecule has 0 aliphatic heterocycles. The van der Waals surface area contributed by atoms with Crippen molar-refractivity contribution in [1.29, 1.82) is 0 Å². The van der Waals surface area contributed by atoms with Crippen LogP contribution in [-0.4, -0.2) is 44.0 Å². The molecule has 0 unspecified atom stereocenters. The highest BCUT2D eigenvalue weighted by atomic mass is 32.2. The summed E-state index contributed by atoms with van der Waals surface area (Å²) in [7, 11) is -2.76. The molecule has 8 nitrogen and oxygen atoms in total. The van der Waals surface area contributed by atoms with Crippen LogP contribution in [0.4, 0.5) is 13.2 Å². The molecule has 1 aromatic heterocycles. The summed E-state index contributed by atoms with van der Waals surface area (Å²) in [6.07, 6.45) is -0.347. The van der Waals surface area contributed by atoms with Crippen molar-refractivity contribution in [3.05, 3.63) is 36.7 Å². The SMILES string of the molecule is COc1nccnc1OC1CCC(NS(=O)(=O)c2ccccc2OC(F)(F)F)CC1. The lowest BCUT2D eigenvalue weighted by Gasteiger charge is -2.29. The summed E-state index contributed by atoms with van der Waals surface area (Å²) in [6, 6.07) is 4.18. The zero-order valence-electron chi connectivity index (χ0n) is 15.9. The number of ether oxygens (including phenoxy) is 3. The van der Waals surface area contributed by atoms with Gasteiger partial charge in [0.25, 0.3) is 11.8 Å². The Kier molecular flexibility index (Phi) is 6.66. The van der Waals surface area contributed by atoms with Gasteiger partial charge in [-0.25, -0.2) is 23.1 Å². The first-order valence-electron chi connectivity index (χ1n) is 9.06. The minimum absolute atomic E-state index is 0.211. The topological polar surface area (TPSA) is 99.6 Å². The lowest BCUT2D eigenvalue weighted by atomic mass is 9.94. The van der Waals surface area contributed by atoms with Gasteiger partial charge < -0.3 is 14.2 Å². The maximum Gasteiger partial charge on any atom is 0.573 e. The average molecular weight is 447 g/mol. The van der Waals surface area contributed by atoms with Gasteiger partial charge >= 0.3 is 6.36 Å². The summed E-state index contributed by atoms with van der Waals surface area (Å²) in [5, 5.41) is 0. The minimum atomic E-state index is -5.00. The lowest BCUT2D eigenvalue weighted by molar-refractivity contribution is -0.275. The molecule has 164 valence electrons. The predicted octanol–water partition coefficient (Wildman–Crippen LogP) is 3.05. The molecule has 1 N–H and O–H groups in total. The van der Waals surface area contributed by atoms with Crippen LogP contribution in [-0.2, 0) is 10.0 Å². The number of nitrogens with zero attached hydrogens (tertiary/aromatic N) is 2. The van der Waals surface area contributed by atoms with E-state index in [2.05, 4.69) is 19.4 Å². The van der Waals surface area contributed by atoms with Gasteiger partial charge in [0.2, 0.25) is 10.0 Å². The van der Waals surface area contributed by atoms with Crippen molar-refractivity contribution < 1.29 is 35.8 Å². The molecule has 0 atom stereocenters. The van der Waals surface area contributed by atoms with Crippen molar-refractivity contribution in [1.82, 2.24) is 14.7 Å². The van der Waals surface area contributed by atoms with Crippen molar-refractivity contribution in [2.75, 3.05) is 7.11 Å². The van der Waals surface area contributed by atoms with Gasteiger partial charge in [0, 0.05) is 18.4 Å². The molecule has 1 heterocycles. The molecule has 1 aromatic carbocycles. The first kappa shape index (κ1) is 22.1. The Morgan fingerprint density at radius 3 is 2.30 bits per heavy atom. The first-order valence-corrected chi connectivity index (χ1v) is 10.5. The smallest absolute Gasteiger partial charge is 0.477 e. The van der Waals surface area contributed by atoms with Crippen molar-refractivity contribution in [3.63, 3.8) is 0 Å². The monoisotopic (exact) mass is 447 g/mol. The fraction of sp³-hybridized carbons (Fsp3) is 0.444. The van der Waals surface area contributed by atoms with Crippen LogP contribution in [0, 0.1) is 0 Å². The second-order valence-corrected chi connectivity index (χ2v) is 8.26. The minimum Gasteiger partial charge on any atom is -0.477 e. The van der Waals surface area contributed by atoms with Crippen molar-refractivity contribution in [2.24, 2.45) is 0 Å². The Morgan fingerprint density at radius 2 is 1.67 bits per heavy atom. The molecule has 0 bridgehead atoms. The molecule has 0 amide bonds. The largest absolute Gasteiger partial charge is 0.573 e. The molecular formula is C18H20F3N3O5S. The summed E-state index contributed by atoms with van der Waals surface area (Å²) >= 11 is 0. The number of methoxy groups -OCH3 is 1. The maximum absolute atomic E-state index is 12.6. The fourth-order valence-corrected chi connectivity index (χ4v) is 4.59. The van der Waals surface area contributed by atoms with E-state index in [1.807, 2.05) is 0 Å². The van der Waals surface area contributed by atoms with E-state index >= 15 is 0 Å². The first-order chi connectivity index (χ1) is 14.2. The molecular weight excluding hydrogens is 427 g/mol. The predicted molar refractivity (Wildman–Crippen MR) is 98.7 cm³/mol. The fourth-order valence-electron chi connectivity index (χ4n) is 3.15. The zero-order chi connectivity index (χ0) is 21.8. The van der Waals surface area contributed by atoms with Crippen LogP contribution in [0.25, 0.3) is 0 Å². The van der Waals surface area contributed by atoms with E-state index in [1.54, 1.807) is 0 Å². The van der Waals surface area contributed by atoms with Gasteiger partial charge in [-0.2, -0.15) is 0 Å². The molecule has 1 aliphatic rings. The van der Waals surface area contributed by atoms with E-state index in [-0.39, 0.29) is 17.9 Å². The molecule has 30 heavy (non-hydrogen) atoms. The Bertz CT molecular complexity index is 964. The second-order valence-electron chi connectivity index (χ2n) is 6.58. The van der Waals surface area contributed by atoms with Gasteiger partial charge in [-0.3, -0.25) is 0 Å². The van der Waals surface area contributed by atoms with Crippen LogP contribution in [0.15, 0.2) is 41.6 Å². The molecule has 0 spiro atoms. The van der Waals surface area contributed by atoms with E-state index in [4.69, 9.17) is 9.47 Å². The molecule has 2 aromatic rings. The third kappa shape index (κ3) is 5.72. The van der Waals surface area contributed by atoms with Crippen LogP contribution >= 0.6 is 0 Å². The third-order valence-corrected chi connectivity index (χ3v) is 6.03. The Balaban J connectivity index is 1.62. The van der Waals surface area contributed by atoms with Crippen molar-refractivity contribution in [2.45, 2.75) is 49.1 Å². The zero-order valence-corrected chi connectivity index (χ0v) is 16.7. The highest BCUT2D eigenvalue weighted by molar-refractivity contribution is 7.89. The van der Waals surface area contributed by atoms with Crippen LogP contribution in [0.2, 0.25) is 0 Å². The molecule has 3 rings (SSSR count). The van der Waals surface area contributed by atoms with Crippen molar-refractivity contribution >= 4 is 10.0 Å². The Hall–Kier alpha value is -2.60. The number of para-hydroxylation sites is 1. The number of hydrogen-bond acceptors (Lipinski definition) is 7. The van der Waals surface area contributed by atoms with Gasteiger partial charge in [0.15, 0.2) is 0 Å². The summed E-state index contributed by atoms with van der Waals surface area (Å²) in [5.41, 5.74) is 0. The maximum atomic E-state index is 12.6. The van der Waals surface area contributed by atoms with Crippen LogP contribution < -0.4 is 18.9 Å². The number of nitrogens with one attached hydrogen (secondary N) is 1. The van der Waals surface area contributed by atoms with Crippen LogP contribution in [0.1, 0.15) is 25.7 Å². The normalized spacial score (nSPS) is 19.9. The van der Waals surface area contributed by atoms with Gasteiger partial charge in [0.1, 0.15) is 16.7 Å². The summed E-state index contributed by atoms with van der Waals surface area (Å²) < 4.78 is 80.2. The molecule has 0 saturated heterocycles. The molecule has 12 heteroatoms. The van der Waals surface area contributed by atoms with Gasteiger partial charge in [-0.05, 0) is 37.8 Å². The van der Waals surface area contributed by atoms with E-state index in [1.165, 1.54) is 31.6 Å². The number of aromatic nitrogens is 2. The third-order valence-electron chi connectivity index (χ3n) is 4.47. The van der Waals surface area contributed by atoms with Gasteiger partial charge in [0.05, 0.1) is 7.11 Å². The molecule has 1 saturated carbocycles. The lowest BCUT2D eigenvalue weighted by Crippen LogP contribution is -2.40. The summed E-state index contributed by atoms with van der Waals surface area (Å²) in [4.78, 5) is 7.51. The van der Waals surface area contributed by atoms with Gasteiger partial charge in [-0.15, -0.1) is 13.2 Å². The van der Waals surface area contributed by atoms with Crippen LogP contribution in [0.3, 0.4) is 0 Å². The summed E-state index contributed by atoms with van der Waals surface area (Å²) in [6.45, 7) is 0. The van der Waals surface area contributed by atoms with E-state index < -0.39 is 33.1 Å². The van der Waals surface area contributed by atoms with Crippen LogP contribution in [0.5, 0.6) is 17.5 Å². The quantitative estimate of drug-likeness (QED) is 0.696. The molecule has 1 aliphatic carbocycles. The average Bonchev–Trinajstić information content (AvgIpc) is 2.69. The van der Waals surface area contributed by atoms with Crippen molar-refractivity contribution in [3.8, 4) is 17.5 Å². The highest BCUT2D eigenvalue weighted by Gasteiger charge is 2.35. The number of halogens is 3. The Morgan fingerprint density at radius 1 is 1.03 bits per heavy atom. The highest BCUT2D eigenvalue weighted by Crippen LogP contribution is 2.31. The standard InChI is InChI=1S/C18H20F3N3O5S/c1-27-16-17(23-11-10-22-16)28-13-8-6-12(7-9-13)24-30(25,26)15-5-3-2-4-14(15)29-18(19,20)21/h2-5,10-13,24H,6-9H2,1H3. The van der Waals surface area contributed by atoms with E-state index in [9.17, 15) is 21.6 Å². The number of benzene rings is 1. The molecule has 1 fully saturated rings. The number of alkyl halides is 3. The molecule has 0 radical (unpaired) electrons. The van der Waals surface area contributed by atoms with Gasteiger partial charge in [-0.1, -0.05) is 12.1 Å². The number of rotatable bonds is 7.